The summed E-state index contributed by atoms with van der Waals surface area (Å²) >= 11 is 4.60. The molecular weight excluding hydrogens is 347 g/mol. The van der Waals surface area contributed by atoms with Crippen LogP contribution in [0.1, 0.15) is 13.8 Å². The van der Waals surface area contributed by atoms with Crippen molar-refractivity contribution in [1.82, 2.24) is 0 Å². The summed E-state index contributed by atoms with van der Waals surface area (Å²) in [5.41, 5.74) is 0. The Morgan fingerprint density at radius 1 is 0.923 bits per heavy atom. The van der Waals surface area contributed by atoms with Crippen molar-refractivity contribution in [3.05, 3.63) is 0 Å². The molecule has 0 heterocycles. The van der Waals surface area contributed by atoms with Crippen LogP contribution in [0.2, 0.25) is 0 Å². The molecule has 0 saturated carbocycles. The molecule has 84 valence electrons. The zero-order chi connectivity index (χ0) is 11.1. The lowest BCUT2D eigenvalue weighted by Gasteiger charge is -2.46. The number of hydrogen-bond acceptors (Lipinski definition) is 0. The van der Waals surface area contributed by atoms with Gasteiger partial charge in [0.05, 0.1) is 0 Å². The quantitative estimate of drug-likeness (QED) is 0.468. The molecule has 0 fully saturated rings. The molecule has 0 N–H and O–H groups in total. The number of alkyl halides is 2. The first-order valence-electron chi connectivity index (χ1n) is 3.27. The van der Waals surface area contributed by atoms with Crippen LogP contribution in [-0.4, -0.2) is 8.99 Å². The van der Waals surface area contributed by atoms with E-state index in [2.05, 4.69) is 15.9 Å². The molecule has 0 radical (unpaired) electrons. The summed E-state index contributed by atoms with van der Waals surface area (Å²) < 4.78 is 57.9. The van der Waals surface area contributed by atoms with Crippen LogP contribution >= 0.6 is 42.1 Å². The van der Waals surface area contributed by atoms with Gasteiger partial charge in [-0.1, -0.05) is 65.1 Å². The highest BCUT2D eigenvalue weighted by atomic mass is 79.9. The van der Waals surface area contributed by atoms with Crippen molar-refractivity contribution >= 4 is 42.1 Å². The van der Waals surface area contributed by atoms with E-state index in [1.54, 1.807) is 0 Å². The Balaban J connectivity index is 4.93. The smallest absolute Gasteiger partial charge is 0.0967 e. The van der Waals surface area contributed by atoms with Gasteiger partial charge in [0.2, 0.25) is 0 Å². The van der Waals surface area contributed by atoms with Gasteiger partial charge in [0, 0.05) is 4.83 Å². The maximum atomic E-state index is 12.1. The highest BCUT2D eigenvalue weighted by Crippen LogP contribution is 3.01. The van der Waals surface area contributed by atoms with E-state index in [1.807, 2.05) is 15.9 Å². The summed E-state index contributed by atoms with van der Waals surface area (Å²) in [5, 5.41) is 0. The Hall–Kier alpha value is 0.960. The highest BCUT2D eigenvalue weighted by molar-refractivity contribution is 9.14. The van der Waals surface area contributed by atoms with Crippen LogP contribution in [0.4, 0.5) is 19.4 Å². The Kier molecular flexibility index (Phi) is 3.20. The molecule has 0 saturated heterocycles. The topological polar surface area (TPSA) is 0 Å². The minimum absolute atomic E-state index is 0.534. The second kappa shape index (κ2) is 2.98. The monoisotopic (exact) mass is 354 g/mol. The standard InChI is InChI=1S/C5H9Br2F5S/c1-3(2)4(6)5(7)13(8,9,10,11)12/h3-5H,1-2H3. The van der Waals surface area contributed by atoms with Crippen LogP contribution in [0, 0.1) is 5.92 Å². The third kappa shape index (κ3) is 4.33. The molecule has 0 amide bonds. The van der Waals surface area contributed by atoms with Gasteiger partial charge in [0.1, 0.15) is 0 Å². The Morgan fingerprint density at radius 3 is 1.31 bits per heavy atom. The van der Waals surface area contributed by atoms with Gasteiger partial charge in [-0.3, -0.25) is 0 Å². The molecule has 2 atom stereocenters. The maximum absolute atomic E-state index is 12.1. The van der Waals surface area contributed by atoms with E-state index >= 15 is 0 Å². The summed E-state index contributed by atoms with van der Waals surface area (Å²) in [4.78, 5) is -1.33. The van der Waals surface area contributed by atoms with E-state index in [0.29, 0.717) is 0 Å². The van der Waals surface area contributed by atoms with Gasteiger partial charge in [-0.05, 0) is 5.92 Å². The molecule has 8 heteroatoms. The van der Waals surface area contributed by atoms with Crippen LogP contribution in [0.15, 0.2) is 0 Å². The molecule has 0 aliphatic rings. The first kappa shape index (κ1) is 14.0. The lowest BCUT2D eigenvalue weighted by molar-refractivity contribution is 0.354. The second-order valence-corrected chi connectivity index (χ2v) is 8.28. The third-order valence-corrected chi connectivity index (χ3v) is 7.79. The Labute approximate surface area is 90.2 Å². The van der Waals surface area contributed by atoms with Crippen LogP contribution in [0.25, 0.3) is 0 Å². The molecule has 0 rings (SSSR count). The third-order valence-electron chi connectivity index (χ3n) is 1.31. The van der Waals surface area contributed by atoms with Gasteiger partial charge in [-0.25, -0.2) is 0 Å². The largest absolute Gasteiger partial charge is 0.297 e. The maximum Gasteiger partial charge on any atom is 0.297 e. The van der Waals surface area contributed by atoms with Crippen molar-refractivity contribution in [3.8, 4) is 0 Å². The highest BCUT2D eigenvalue weighted by Gasteiger charge is 2.71. The number of hydrogen-bond donors (Lipinski definition) is 0. The first-order valence-corrected chi connectivity index (χ1v) is 7.11. The van der Waals surface area contributed by atoms with E-state index in [9.17, 15) is 19.4 Å². The van der Waals surface area contributed by atoms with E-state index in [4.69, 9.17) is 0 Å². The molecule has 2 unspecified atom stereocenters. The van der Waals surface area contributed by atoms with Crippen molar-refractivity contribution in [2.45, 2.75) is 22.8 Å². The van der Waals surface area contributed by atoms with Crippen molar-refractivity contribution < 1.29 is 19.4 Å². The van der Waals surface area contributed by atoms with Crippen molar-refractivity contribution in [1.29, 1.82) is 0 Å². The van der Waals surface area contributed by atoms with Crippen LogP contribution in [0.5, 0.6) is 0 Å². The van der Waals surface area contributed by atoms with Crippen LogP contribution in [0.3, 0.4) is 0 Å². The number of halogens is 7. The molecule has 0 nitrogen and oxygen atoms in total. The Morgan fingerprint density at radius 2 is 1.23 bits per heavy atom. The molecule has 0 bridgehead atoms. The van der Waals surface area contributed by atoms with Crippen LogP contribution in [-0.2, 0) is 0 Å². The second-order valence-electron chi connectivity index (χ2n) is 3.07. The molecule has 0 spiro atoms. The molecule has 0 aliphatic carbocycles. The molecule has 0 aromatic rings. The minimum Gasteiger partial charge on any atom is -0.0967 e. The van der Waals surface area contributed by atoms with Gasteiger partial charge >= 0.3 is 0 Å². The Bertz CT molecular complexity index is 196. The summed E-state index contributed by atoms with van der Waals surface area (Å²) in [5.74, 6) is -0.534. The number of rotatable bonds is 3. The first-order chi connectivity index (χ1) is 5.25. The zero-order valence-corrected chi connectivity index (χ0v) is 10.8. The molecule has 13 heavy (non-hydrogen) atoms. The SMILES string of the molecule is CC(C)C(Br)C(Br)S(F)(F)(F)(F)F. The predicted molar refractivity (Wildman–Crippen MR) is 53.4 cm³/mol. The summed E-state index contributed by atoms with van der Waals surface area (Å²) in [6.45, 7) is 2.86. The lowest BCUT2D eigenvalue weighted by atomic mass is 10.2. The van der Waals surface area contributed by atoms with Crippen molar-refractivity contribution in [3.63, 3.8) is 0 Å². The van der Waals surface area contributed by atoms with Gasteiger partial charge in [0.15, 0.2) is 4.16 Å². The summed E-state index contributed by atoms with van der Waals surface area (Å²) in [6, 6.07) is 0. The van der Waals surface area contributed by atoms with Gasteiger partial charge in [-0.2, -0.15) is 0 Å². The van der Waals surface area contributed by atoms with E-state index in [1.165, 1.54) is 13.8 Å². The summed E-state index contributed by atoms with van der Waals surface area (Å²) in [7, 11) is -9.41. The molecule has 0 aliphatic heterocycles. The fraction of sp³-hybridized carbons (Fsp3) is 1.00. The van der Waals surface area contributed by atoms with Gasteiger partial charge in [0.25, 0.3) is 10.2 Å². The fourth-order valence-corrected chi connectivity index (χ4v) is 3.19. The predicted octanol–water partition coefficient (Wildman–Crippen LogP) is 5.43. The average molecular weight is 356 g/mol. The molecule has 0 aromatic carbocycles. The van der Waals surface area contributed by atoms with E-state index in [-0.39, 0.29) is 0 Å². The van der Waals surface area contributed by atoms with E-state index in [0.717, 1.165) is 0 Å². The van der Waals surface area contributed by atoms with Crippen molar-refractivity contribution in [2.24, 2.45) is 5.92 Å². The minimum atomic E-state index is -9.41. The van der Waals surface area contributed by atoms with Gasteiger partial charge < -0.3 is 0 Å². The zero-order valence-electron chi connectivity index (χ0n) is 6.79. The fourth-order valence-electron chi connectivity index (χ4n) is 0.548. The summed E-state index contributed by atoms with van der Waals surface area (Å²) in [6.07, 6.45) is 0. The normalized spacial score (nSPS) is 23.5. The van der Waals surface area contributed by atoms with Crippen LogP contribution < -0.4 is 0 Å². The van der Waals surface area contributed by atoms with Gasteiger partial charge in [-0.15, -0.1) is 0 Å². The molecular formula is C5H9Br2F5S. The molecule has 0 aromatic heterocycles. The van der Waals surface area contributed by atoms with E-state index < -0.39 is 25.1 Å². The average Bonchev–Trinajstić information content (AvgIpc) is 1.79. The van der Waals surface area contributed by atoms with Crippen molar-refractivity contribution in [2.75, 3.05) is 0 Å². The lowest BCUT2D eigenvalue weighted by Crippen LogP contribution is -2.31.